The summed E-state index contributed by atoms with van der Waals surface area (Å²) < 4.78 is 15.4. The molecule has 0 aromatic carbocycles. The number of rotatable bonds is 10. The molecule has 2 unspecified atom stereocenters. The minimum Gasteiger partial charge on any atom is -0.303 e. The summed E-state index contributed by atoms with van der Waals surface area (Å²) in [6.07, 6.45) is 1.57. The fourth-order valence-corrected chi connectivity index (χ4v) is 5.64. The van der Waals surface area contributed by atoms with Crippen molar-refractivity contribution in [3.8, 4) is 0 Å². The second-order valence-corrected chi connectivity index (χ2v) is 12.2. The summed E-state index contributed by atoms with van der Waals surface area (Å²) in [7, 11) is -4.48. The molecule has 0 rings (SSSR count). The molecule has 0 aromatic rings. The van der Waals surface area contributed by atoms with Crippen molar-refractivity contribution in [2.24, 2.45) is 5.41 Å². The lowest BCUT2D eigenvalue weighted by molar-refractivity contribution is 0.0957. The number of phosphoric ester groups is 1. The first-order valence-corrected chi connectivity index (χ1v) is 12.6. The zero-order valence-electron chi connectivity index (χ0n) is 11.7. The molecule has 0 aliphatic heterocycles. The monoisotopic (exact) mass is 642 g/mol. The minimum absolute atomic E-state index is 0.0352. The van der Waals surface area contributed by atoms with E-state index in [-0.39, 0.29) is 20.6 Å². The van der Waals surface area contributed by atoms with Crippen LogP contribution in [0.2, 0.25) is 0 Å². The van der Waals surface area contributed by atoms with Crippen LogP contribution >= 0.6 is 87.5 Å². The predicted octanol–water partition coefficient (Wildman–Crippen LogP) is 5.35. The van der Waals surface area contributed by atoms with Crippen LogP contribution in [0.1, 0.15) is 26.7 Å². The molecule has 0 radical (unpaired) electrons. The molecule has 10 heteroatoms. The SMILES string of the molecule is CC(C)(COP(=O)(O)O)C(Br)(CC(Br)CBr)CC(Br)CBr. The van der Waals surface area contributed by atoms with Crippen LogP contribution in [0.4, 0.5) is 0 Å². The molecule has 0 aromatic heterocycles. The van der Waals surface area contributed by atoms with Gasteiger partial charge in [-0.15, -0.1) is 0 Å². The molecule has 0 heterocycles. The van der Waals surface area contributed by atoms with Gasteiger partial charge < -0.3 is 9.79 Å². The molecular weight excluding hydrogens is 627 g/mol. The van der Waals surface area contributed by atoms with Crippen molar-refractivity contribution in [2.75, 3.05) is 17.3 Å². The summed E-state index contributed by atoms with van der Waals surface area (Å²) >= 11 is 17.9. The fraction of sp³-hybridized carbons (Fsp3) is 1.00. The highest BCUT2D eigenvalue weighted by Gasteiger charge is 2.46. The van der Waals surface area contributed by atoms with Gasteiger partial charge in [0.2, 0.25) is 0 Å². The van der Waals surface area contributed by atoms with Gasteiger partial charge in [-0.05, 0) is 12.8 Å². The lowest BCUT2D eigenvalue weighted by atomic mass is 9.74. The van der Waals surface area contributed by atoms with E-state index in [0.29, 0.717) is 0 Å². The van der Waals surface area contributed by atoms with Gasteiger partial charge in [-0.1, -0.05) is 93.5 Å². The largest absolute Gasteiger partial charge is 0.469 e. The average molecular weight is 647 g/mol. The van der Waals surface area contributed by atoms with Crippen LogP contribution in [0.25, 0.3) is 0 Å². The Labute approximate surface area is 168 Å². The molecule has 0 amide bonds. The number of halogens is 5. The molecule has 0 spiro atoms. The zero-order valence-corrected chi connectivity index (χ0v) is 20.6. The number of phosphoric acid groups is 1. The molecule has 0 aliphatic rings. The first-order chi connectivity index (χ1) is 9.37. The average Bonchev–Trinajstić information content (AvgIpc) is 2.35. The topological polar surface area (TPSA) is 66.8 Å². The maximum Gasteiger partial charge on any atom is 0.469 e. The molecular formula is C11H20Br5O4P. The third kappa shape index (κ3) is 8.96. The first kappa shape index (κ1) is 23.5. The van der Waals surface area contributed by atoms with E-state index in [1.165, 1.54) is 0 Å². The van der Waals surface area contributed by atoms with E-state index < -0.39 is 13.2 Å². The van der Waals surface area contributed by atoms with Crippen molar-refractivity contribution in [1.82, 2.24) is 0 Å². The van der Waals surface area contributed by atoms with Crippen LogP contribution in [-0.2, 0) is 9.09 Å². The quantitative estimate of drug-likeness (QED) is 0.248. The van der Waals surface area contributed by atoms with Gasteiger partial charge in [0.15, 0.2) is 0 Å². The van der Waals surface area contributed by atoms with E-state index in [9.17, 15) is 4.57 Å². The summed E-state index contributed by atoms with van der Waals surface area (Å²) in [4.78, 5) is 18.4. The van der Waals surface area contributed by atoms with E-state index in [0.717, 1.165) is 23.5 Å². The Bertz CT molecular complexity index is 351. The molecule has 0 saturated heterocycles. The fourth-order valence-electron chi connectivity index (χ4n) is 1.82. The van der Waals surface area contributed by atoms with Gasteiger partial charge in [-0.2, -0.15) is 0 Å². The summed E-state index contributed by atoms with van der Waals surface area (Å²) in [6.45, 7) is 3.85. The van der Waals surface area contributed by atoms with E-state index >= 15 is 0 Å². The summed E-state index contributed by atoms with van der Waals surface area (Å²) in [5.74, 6) is 0. The molecule has 0 fully saturated rings. The lowest BCUT2D eigenvalue weighted by Crippen LogP contribution is -2.46. The molecule has 128 valence electrons. The lowest BCUT2D eigenvalue weighted by Gasteiger charge is -2.44. The van der Waals surface area contributed by atoms with Crippen LogP contribution < -0.4 is 0 Å². The molecule has 0 aliphatic carbocycles. The van der Waals surface area contributed by atoms with Crippen LogP contribution in [0.3, 0.4) is 0 Å². The summed E-state index contributed by atoms with van der Waals surface area (Å²) in [6, 6.07) is 0. The van der Waals surface area contributed by atoms with Crippen molar-refractivity contribution < 1.29 is 18.9 Å². The van der Waals surface area contributed by atoms with Gasteiger partial charge in [0, 0.05) is 30.1 Å². The van der Waals surface area contributed by atoms with E-state index in [1.807, 2.05) is 13.8 Å². The maximum atomic E-state index is 11.0. The third-order valence-corrected chi connectivity index (χ3v) is 10.0. The van der Waals surface area contributed by atoms with E-state index in [2.05, 4.69) is 79.6 Å². The standard InChI is InChI=1S/C11H20Br5O4P/c1-10(2,7-20-21(17,18)19)11(16,3-8(14)5-12)4-9(15)6-13/h8-9H,3-7H2,1-2H3,(H2,17,18,19). The van der Waals surface area contributed by atoms with Crippen molar-refractivity contribution in [3.63, 3.8) is 0 Å². The van der Waals surface area contributed by atoms with Crippen LogP contribution in [0, 0.1) is 5.41 Å². The highest BCUT2D eigenvalue weighted by atomic mass is 79.9. The van der Waals surface area contributed by atoms with Gasteiger partial charge in [-0.3, -0.25) is 4.52 Å². The Hall–Kier alpha value is 2.51. The van der Waals surface area contributed by atoms with Gasteiger partial charge in [0.1, 0.15) is 0 Å². The van der Waals surface area contributed by atoms with Crippen LogP contribution in [0.15, 0.2) is 0 Å². The predicted molar refractivity (Wildman–Crippen MR) is 106 cm³/mol. The van der Waals surface area contributed by atoms with Gasteiger partial charge in [-0.25, -0.2) is 4.57 Å². The Morgan fingerprint density at radius 3 is 1.76 bits per heavy atom. The summed E-state index contributed by atoms with van der Waals surface area (Å²) in [5.41, 5.74) is -0.476. The Morgan fingerprint density at radius 1 is 1.10 bits per heavy atom. The van der Waals surface area contributed by atoms with Gasteiger partial charge in [0.25, 0.3) is 0 Å². The number of alkyl halides is 5. The highest BCUT2D eigenvalue weighted by Crippen LogP contribution is 2.50. The van der Waals surface area contributed by atoms with Gasteiger partial charge in [0.05, 0.1) is 6.61 Å². The third-order valence-electron chi connectivity index (χ3n) is 3.23. The number of hydrogen-bond acceptors (Lipinski definition) is 2. The second kappa shape index (κ2) is 9.85. The smallest absolute Gasteiger partial charge is 0.303 e. The number of hydrogen-bond donors (Lipinski definition) is 2. The van der Waals surface area contributed by atoms with Crippen molar-refractivity contribution in [3.05, 3.63) is 0 Å². The Kier molecular flexibility index (Phi) is 11.0. The molecule has 21 heavy (non-hydrogen) atoms. The molecule has 4 nitrogen and oxygen atoms in total. The highest BCUT2D eigenvalue weighted by molar-refractivity contribution is 9.12. The van der Waals surface area contributed by atoms with Crippen LogP contribution in [0.5, 0.6) is 0 Å². The maximum absolute atomic E-state index is 11.0. The zero-order chi connectivity index (χ0) is 16.9. The Balaban J connectivity index is 5.19. The normalized spacial score (nSPS) is 19.1. The van der Waals surface area contributed by atoms with Crippen LogP contribution in [-0.4, -0.2) is 41.0 Å². The van der Waals surface area contributed by atoms with Crippen molar-refractivity contribution in [2.45, 2.75) is 40.7 Å². The molecule has 0 bridgehead atoms. The molecule has 2 N–H and O–H groups in total. The van der Waals surface area contributed by atoms with E-state index in [1.54, 1.807) is 0 Å². The summed E-state index contributed by atoms with van der Waals surface area (Å²) in [5, 5.41) is 1.58. The second-order valence-electron chi connectivity index (χ2n) is 5.52. The Morgan fingerprint density at radius 2 is 1.48 bits per heavy atom. The van der Waals surface area contributed by atoms with E-state index in [4.69, 9.17) is 14.3 Å². The molecule has 2 atom stereocenters. The van der Waals surface area contributed by atoms with Crippen molar-refractivity contribution >= 4 is 87.5 Å². The van der Waals surface area contributed by atoms with Crippen molar-refractivity contribution in [1.29, 1.82) is 0 Å². The first-order valence-electron chi connectivity index (χ1n) is 6.16. The molecule has 0 saturated carbocycles. The van der Waals surface area contributed by atoms with Gasteiger partial charge >= 0.3 is 7.82 Å². The minimum atomic E-state index is -4.48.